The van der Waals surface area contributed by atoms with Gasteiger partial charge in [-0.25, -0.2) is 0 Å². The van der Waals surface area contributed by atoms with E-state index in [1.165, 1.54) is 44.3 Å². The zero-order valence-electron chi connectivity index (χ0n) is 11.8. The Labute approximate surface area is 115 Å². The van der Waals surface area contributed by atoms with Crippen LogP contribution in [0.2, 0.25) is 0 Å². The average molecular weight is 260 g/mol. The van der Waals surface area contributed by atoms with Crippen molar-refractivity contribution in [2.24, 2.45) is 18.9 Å². The SMILES string of the molecule is Cn1cc(CN2CC(C3CC3)NCC2C2CC2)cn1. The molecule has 1 aromatic rings. The highest BCUT2D eigenvalue weighted by Gasteiger charge is 2.42. The molecular weight excluding hydrogens is 236 g/mol. The lowest BCUT2D eigenvalue weighted by Crippen LogP contribution is -2.57. The summed E-state index contributed by atoms with van der Waals surface area (Å²) in [7, 11) is 2.01. The number of nitrogens with one attached hydrogen (secondary N) is 1. The molecule has 2 atom stereocenters. The van der Waals surface area contributed by atoms with Crippen LogP contribution in [0, 0.1) is 11.8 Å². The van der Waals surface area contributed by atoms with E-state index in [4.69, 9.17) is 0 Å². The molecule has 0 spiro atoms. The smallest absolute Gasteiger partial charge is 0.0534 e. The predicted molar refractivity (Wildman–Crippen MR) is 74.6 cm³/mol. The Balaban J connectivity index is 1.47. The number of aryl methyl sites for hydroxylation is 1. The van der Waals surface area contributed by atoms with Crippen molar-refractivity contribution in [1.29, 1.82) is 0 Å². The highest BCUT2D eigenvalue weighted by atomic mass is 15.3. The summed E-state index contributed by atoms with van der Waals surface area (Å²) in [5.74, 6) is 1.90. The average Bonchev–Trinajstić information content (AvgIpc) is 3.29. The maximum atomic E-state index is 4.31. The minimum Gasteiger partial charge on any atom is -0.311 e. The van der Waals surface area contributed by atoms with E-state index < -0.39 is 0 Å². The van der Waals surface area contributed by atoms with E-state index in [0.29, 0.717) is 0 Å². The lowest BCUT2D eigenvalue weighted by Gasteiger charge is -2.41. The van der Waals surface area contributed by atoms with Crippen LogP contribution in [0.3, 0.4) is 0 Å². The lowest BCUT2D eigenvalue weighted by molar-refractivity contribution is 0.100. The minimum atomic E-state index is 0.742. The van der Waals surface area contributed by atoms with Crippen molar-refractivity contribution in [2.75, 3.05) is 13.1 Å². The molecule has 4 nitrogen and oxygen atoms in total. The second-order valence-corrected chi connectivity index (χ2v) is 6.71. The third-order valence-corrected chi connectivity index (χ3v) is 4.99. The second-order valence-electron chi connectivity index (χ2n) is 6.71. The standard InChI is InChI=1S/C15H24N4/c1-18-8-11(6-17-18)9-19-10-14(12-2-3-12)16-7-15(19)13-4-5-13/h6,8,12-16H,2-5,7,9-10H2,1H3. The molecule has 2 saturated carbocycles. The first-order valence-electron chi connectivity index (χ1n) is 7.74. The summed E-state index contributed by atoms with van der Waals surface area (Å²) in [6, 6.07) is 1.50. The van der Waals surface area contributed by atoms with Gasteiger partial charge in [0, 0.05) is 50.5 Å². The van der Waals surface area contributed by atoms with Crippen LogP contribution in [-0.4, -0.2) is 39.9 Å². The maximum absolute atomic E-state index is 4.31. The molecule has 2 unspecified atom stereocenters. The Hall–Kier alpha value is -0.870. The molecule has 4 rings (SSSR count). The Morgan fingerprint density at radius 1 is 1.26 bits per heavy atom. The van der Waals surface area contributed by atoms with E-state index >= 15 is 0 Å². The van der Waals surface area contributed by atoms with Gasteiger partial charge in [0.15, 0.2) is 0 Å². The molecule has 0 radical (unpaired) electrons. The van der Waals surface area contributed by atoms with E-state index in [2.05, 4.69) is 21.5 Å². The van der Waals surface area contributed by atoms with Crippen molar-refractivity contribution < 1.29 is 0 Å². The van der Waals surface area contributed by atoms with Crippen molar-refractivity contribution in [2.45, 2.75) is 44.3 Å². The molecule has 104 valence electrons. The van der Waals surface area contributed by atoms with Crippen LogP contribution in [0.5, 0.6) is 0 Å². The van der Waals surface area contributed by atoms with Gasteiger partial charge in [0.25, 0.3) is 0 Å². The van der Waals surface area contributed by atoms with Crippen molar-refractivity contribution in [3.63, 3.8) is 0 Å². The summed E-state index contributed by atoms with van der Waals surface area (Å²) in [6.45, 7) is 3.52. The molecule has 2 aliphatic carbocycles. The third kappa shape index (κ3) is 2.56. The summed E-state index contributed by atoms with van der Waals surface area (Å²) >= 11 is 0. The predicted octanol–water partition coefficient (Wildman–Crippen LogP) is 1.38. The highest BCUT2D eigenvalue weighted by molar-refractivity contribution is 5.07. The van der Waals surface area contributed by atoms with E-state index in [1.807, 2.05) is 17.9 Å². The van der Waals surface area contributed by atoms with E-state index in [9.17, 15) is 0 Å². The quantitative estimate of drug-likeness (QED) is 0.888. The van der Waals surface area contributed by atoms with Crippen LogP contribution in [-0.2, 0) is 13.6 Å². The van der Waals surface area contributed by atoms with Crippen LogP contribution in [0.4, 0.5) is 0 Å². The van der Waals surface area contributed by atoms with Gasteiger partial charge in [-0.3, -0.25) is 9.58 Å². The molecule has 1 aliphatic heterocycles. The van der Waals surface area contributed by atoms with Gasteiger partial charge in [0.2, 0.25) is 0 Å². The van der Waals surface area contributed by atoms with Gasteiger partial charge in [0.05, 0.1) is 6.20 Å². The summed E-state index contributed by atoms with van der Waals surface area (Å²) in [5.41, 5.74) is 1.37. The number of piperazine rings is 1. The summed E-state index contributed by atoms with van der Waals surface area (Å²) in [5, 5.41) is 8.12. The molecule has 1 saturated heterocycles. The maximum Gasteiger partial charge on any atom is 0.0534 e. The zero-order valence-corrected chi connectivity index (χ0v) is 11.8. The molecule has 1 N–H and O–H groups in total. The van der Waals surface area contributed by atoms with Crippen LogP contribution in [0.25, 0.3) is 0 Å². The molecule has 2 heterocycles. The Morgan fingerprint density at radius 3 is 2.68 bits per heavy atom. The molecule has 0 amide bonds. The summed E-state index contributed by atoms with van der Waals surface area (Å²) < 4.78 is 1.92. The second kappa shape index (κ2) is 4.60. The topological polar surface area (TPSA) is 33.1 Å². The molecule has 19 heavy (non-hydrogen) atoms. The largest absolute Gasteiger partial charge is 0.311 e. The molecule has 1 aromatic heterocycles. The van der Waals surface area contributed by atoms with Crippen LogP contribution in [0.1, 0.15) is 31.2 Å². The van der Waals surface area contributed by atoms with Crippen molar-refractivity contribution in [3.8, 4) is 0 Å². The summed E-state index contributed by atoms with van der Waals surface area (Å²) in [4.78, 5) is 2.73. The fraction of sp³-hybridized carbons (Fsp3) is 0.800. The van der Waals surface area contributed by atoms with Crippen LogP contribution >= 0.6 is 0 Å². The molecule has 0 aromatic carbocycles. The number of nitrogens with zero attached hydrogens (tertiary/aromatic N) is 3. The van der Waals surface area contributed by atoms with Gasteiger partial charge in [-0.1, -0.05) is 0 Å². The van der Waals surface area contributed by atoms with Crippen molar-refractivity contribution >= 4 is 0 Å². The van der Waals surface area contributed by atoms with E-state index in [1.54, 1.807) is 0 Å². The third-order valence-electron chi connectivity index (χ3n) is 4.99. The zero-order chi connectivity index (χ0) is 12.8. The Bertz CT molecular complexity index is 447. The van der Waals surface area contributed by atoms with Crippen LogP contribution in [0.15, 0.2) is 12.4 Å². The van der Waals surface area contributed by atoms with Crippen molar-refractivity contribution in [3.05, 3.63) is 18.0 Å². The summed E-state index contributed by atoms with van der Waals surface area (Å²) in [6.07, 6.45) is 9.93. The fourth-order valence-electron chi connectivity index (χ4n) is 3.58. The first-order valence-corrected chi connectivity index (χ1v) is 7.74. The van der Waals surface area contributed by atoms with Crippen LogP contribution < -0.4 is 5.32 Å². The first kappa shape index (κ1) is 11.9. The molecule has 4 heteroatoms. The van der Waals surface area contributed by atoms with E-state index in [0.717, 1.165) is 30.5 Å². The molecule has 3 aliphatic rings. The lowest BCUT2D eigenvalue weighted by atomic mass is 10.0. The number of aromatic nitrogens is 2. The normalized spacial score (nSPS) is 32.7. The Kier molecular flexibility index (Phi) is 2.88. The minimum absolute atomic E-state index is 0.742. The van der Waals surface area contributed by atoms with Gasteiger partial charge in [0.1, 0.15) is 0 Å². The number of hydrogen-bond acceptors (Lipinski definition) is 3. The van der Waals surface area contributed by atoms with Gasteiger partial charge >= 0.3 is 0 Å². The Morgan fingerprint density at radius 2 is 2.05 bits per heavy atom. The van der Waals surface area contributed by atoms with Gasteiger partial charge in [-0.2, -0.15) is 5.10 Å². The van der Waals surface area contributed by atoms with E-state index in [-0.39, 0.29) is 0 Å². The van der Waals surface area contributed by atoms with Gasteiger partial charge in [-0.15, -0.1) is 0 Å². The number of rotatable bonds is 4. The van der Waals surface area contributed by atoms with Gasteiger partial charge in [-0.05, 0) is 37.5 Å². The molecular formula is C15H24N4. The van der Waals surface area contributed by atoms with Gasteiger partial charge < -0.3 is 5.32 Å². The molecule has 0 bridgehead atoms. The highest BCUT2D eigenvalue weighted by Crippen LogP contribution is 2.40. The number of hydrogen-bond donors (Lipinski definition) is 1. The van der Waals surface area contributed by atoms with Crippen molar-refractivity contribution in [1.82, 2.24) is 20.0 Å². The molecule has 3 fully saturated rings. The fourth-order valence-corrected chi connectivity index (χ4v) is 3.58. The monoisotopic (exact) mass is 260 g/mol. The first-order chi connectivity index (χ1) is 9.29.